The van der Waals surface area contributed by atoms with Gasteiger partial charge in [-0.25, -0.2) is 0 Å². The Morgan fingerprint density at radius 2 is 2.04 bits per heavy atom. The minimum Gasteiger partial charge on any atom is -0.462 e. The Morgan fingerprint density at radius 3 is 2.85 bits per heavy atom. The highest BCUT2D eigenvalue weighted by molar-refractivity contribution is 5.53. The fraction of sp³-hybridized carbons (Fsp3) is 0.478. The van der Waals surface area contributed by atoms with Crippen LogP contribution in [-0.4, -0.2) is 24.0 Å². The van der Waals surface area contributed by atoms with Crippen LogP contribution in [0.25, 0.3) is 0 Å². The zero-order valence-electron chi connectivity index (χ0n) is 15.8. The van der Waals surface area contributed by atoms with E-state index in [9.17, 15) is 0 Å². The molecule has 27 heavy (non-hydrogen) atoms. The maximum atomic E-state index is 9.12. The van der Waals surface area contributed by atoms with Gasteiger partial charge in [-0.3, -0.25) is 4.90 Å². The molecular weight excluding hydrogens is 334 g/mol. The van der Waals surface area contributed by atoms with Gasteiger partial charge in [-0.2, -0.15) is 10.5 Å². The number of rotatable bonds is 2. The van der Waals surface area contributed by atoms with E-state index in [0.29, 0.717) is 29.1 Å². The lowest BCUT2D eigenvalue weighted by atomic mass is 9.71. The lowest BCUT2D eigenvalue weighted by molar-refractivity contribution is 0.0797. The molecule has 4 rings (SSSR count). The molecule has 0 aromatic heterocycles. The monoisotopic (exact) mass is 359 g/mol. The van der Waals surface area contributed by atoms with Gasteiger partial charge in [-0.05, 0) is 82.2 Å². The van der Waals surface area contributed by atoms with Crippen LogP contribution in [0, 0.1) is 34.5 Å². The molecule has 0 spiro atoms. The summed E-state index contributed by atoms with van der Waals surface area (Å²) in [5, 5.41) is 18.2. The van der Waals surface area contributed by atoms with Gasteiger partial charge in [0.1, 0.15) is 29.2 Å². The molecule has 4 nitrogen and oxygen atoms in total. The minimum absolute atomic E-state index is 0.121. The number of ether oxygens (including phenoxy) is 1. The molecular formula is C23H25N3O. The molecule has 4 heteroatoms. The number of nitriles is 2. The van der Waals surface area contributed by atoms with Crippen molar-refractivity contribution >= 4 is 0 Å². The van der Waals surface area contributed by atoms with Crippen LogP contribution >= 0.6 is 0 Å². The zero-order chi connectivity index (χ0) is 18.8. The molecule has 0 bridgehead atoms. The fourth-order valence-electron chi connectivity index (χ4n) is 5.09. The van der Waals surface area contributed by atoms with E-state index in [4.69, 9.17) is 15.3 Å². The Hall–Kier alpha value is -2.56. The molecule has 0 N–H and O–H groups in total. The first-order chi connectivity index (χ1) is 13.2. The summed E-state index contributed by atoms with van der Waals surface area (Å²) in [5.41, 5.74) is 2.38. The summed E-state index contributed by atoms with van der Waals surface area (Å²) in [6, 6.07) is 4.61. The standard InChI is InChI=1S/C23H25N3O/c1-16-10-20(21(14-24)15-25)13-22(27-16)7-6-17-11-18-4-2-8-26-9-3-5-19(12-17)23(18)26/h6-7,10-11,13,17,19,23H,2-5,8-9,12H2,1H3/b7-6+. The molecule has 0 amide bonds. The van der Waals surface area contributed by atoms with E-state index in [-0.39, 0.29) is 5.57 Å². The highest BCUT2D eigenvalue weighted by atomic mass is 16.5. The smallest absolute Gasteiger partial charge is 0.137 e. The third-order valence-corrected chi connectivity index (χ3v) is 6.11. The Labute approximate surface area is 161 Å². The van der Waals surface area contributed by atoms with Crippen molar-refractivity contribution in [3.8, 4) is 12.1 Å². The van der Waals surface area contributed by atoms with Gasteiger partial charge in [-0.1, -0.05) is 17.7 Å². The van der Waals surface area contributed by atoms with Gasteiger partial charge >= 0.3 is 0 Å². The van der Waals surface area contributed by atoms with Gasteiger partial charge in [0.25, 0.3) is 0 Å². The molecule has 3 atom stereocenters. The van der Waals surface area contributed by atoms with Crippen LogP contribution in [0.5, 0.6) is 0 Å². The van der Waals surface area contributed by atoms with Gasteiger partial charge in [0, 0.05) is 11.6 Å². The van der Waals surface area contributed by atoms with Crippen molar-refractivity contribution in [3.05, 3.63) is 58.6 Å². The van der Waals surface area contributed by atoms with E-state index in [1.165, 1.54) is 45.2 Å². The van der Waals surface area contributed by atoms with Crippen molar-refractivity contribution in [2.24, 2.45) is 11.8 Å². The quantitative estimate of drug-likeness (QED) is 0.537. The second-order valence-electron chi connectivity index (χ2n) is 7.94. The van der Waals surface area contributed by atoms with Crippen LogP contribution in [0.1, 0.15) is 39.0 Å². The van der Waals surface area contributed by atoms with Crippen molar-refractivity contribution in [1.82, 2.24) is 4.90 Å². The maximum Gasteiger partial charge on any atom is 0.137 e. The number of allylic oxidation sites excluding steroid dienone is 8. The average molecular weight is 359 g/mol. The van der Waals surface area contributed by atoms with Gasteiger partial charge < -0.3 is 4.74 Å². The topological polar surface area (TPSA) is 60.0 Å². The Morgan fingerprint density at radius 1 is 1.22 bits per heavy atom. The predicted octanol–water partition coefficient (Wildman–Crippen LogP) is 4.52. The van der Waals surface area contributed by atoms with E-state index in [1.54, 1.807) is 17.7 Å². The number of piperidine rings is 2. The number of nitrogens with zero attached hydrogens (tertiary/aromatic N) is 3. The third-order valence-electron chi connectivity index (χ3n) is 6.11. The van der Waals surface area contributed by atoms with Crippen molar-refractivity contribution in [2.45, 2.75) is 45.1 Å². The maximum absolute atomic E-state index is 9.12. The van der Waals surface area contributed by atoms with Crippen LogP contribution in [-0.2, 0) is 4.74 Å². The summed E-state index contributed by atoms with van der Waals surface area (Å²) in [4.78, 5) is 2.70. The first-order valence-corrected chi connectivity index (χ1v) is 9.93. The van der Waals surface area contributed by atoms with Crippen LogP contribution < -0.4 is 0 Å². The van der Waals surface area contributed by atoms with Crippen LogP contribution in [0.15, 0.2) is 58.6 Å². The molecule has 0 aromatic carbocycles. The normalized spacial score (nSPS) is 30.3. The van der Waals surface area contributed by atoms with E-state index < -0.39 is 0 Å². The SMILES string of the molecule is CC1=CC(=C(C#N)C#N)C=C(/C=C/C2C=C3CCCN4CCCC(C2)C34)O1. The van der Waals surface area contributed by atoms with Crippen molar-refractivity contribution < 1.29 is 4.74 Å². The summed E-state index contributed by atoms with van der Waals surface area (Å²) in [6.45, 7) is 4.38. The Balaban J connectivity index is 1.55. The van der Waals surface area contributed by atoms with Crippen LogP contribution in [0.3, 0.4) is 0 Å². The Kier molecular flexibility index (Phi) is 5.01. The van der Waals surface area contributed by atoms with Crippen LogP contribution in [0.4, 0.5) is 0 Å². The molecule has 1 aliphatic carbocycles. The molecule has 4 aliphatic rings. The van der Waals surface area contributed by atoms with Gasteiger partial charge in [0.05, 0.1) is 0 Å². The largest absolute Gasteiger partial charge is 0.462 e. The summed E-state index contributed by atoms with van der Waals surface area (Å²) < 4.78 is 5.79. The number of hydrogen-bond donors (Lipinski definition) is 0. The van der Waals surface area contributed by atoms with Gasteiger partial charge in [0.15, 0.2) is 0 Å². The molecule has 2 fully saturated rings. The molecule has 3 heterocycles. The fourth-order valence-corrected chi connectivity index (χ4v) is 5.09. The van der Waals surface area contributed by atoms with E-state index in [1.807, 2.05) is 25.1 Å². The second-order valence-corrected chi connectivity index (χ2v) is 7.94. The first-order valence-electron chi connectivity index (χ1n) is 9.93. The zero-order valence-corrected chi connectivity index (χ0v) is 15.8. The summed E-state index contributed by atoms with van der Waals surface area (Å²) in [7, 11) is 0. The molecule has 0 saturated carbocycles. The highest BCUT2D eigenvalue weighted by Gasteiger charge is 2.39. The second kappa shape index (κ2) is 7.59. The molecule has 0 aromatic rings. The number of hydrogen-bond acceptors (Lipinski definition) is 4. The summed E-state index contributed by atoms with van der Waals surface area (Å²) in [6.07, 6.45) is 16.6. The lowest BCUT2D eigenvalue weighted by Crippen LogP contribution is -2.51. The molecule has 3 aliphatic heterocycles. The summed E-state index contributed by atoms with van der Waals surface area (Å²) in [5.74, 6) is 2.61. The van der Waals surface area contributed by atoms with E-state index in [0.717, 1.165) is 5.92 Å². The van der Waals surface area contributed by atoms with E-state index in [2.05, 4.69) is 17.1 Å². The van der Waals surface area contributed by atoms with Crippen LogP contribution in [0.2, 0.25) is 0 Å². The first kappa shape index (κ1) is 17.8. The van der Waals surface area contributed by atoms with Crippen molar-refractivity contribution in [1.29, 1.82) is 10.5 Å². The highest BCUT2D eigenvalue weighted by Crippen LogP contribution is 2.42. The molecule has 138 valence electrons. The van der Waals surface area contributed by atoms with Crippen molar-refractivity contribution in [3.63, 3.8) is 0 Å². The molecule has 3 unspecified atom stereocenters. The lowest BCUT2D eigenvalue weighted by Gasteiger charge is -2.49. The predicted molar refractivity (Wildman–Crippen MR) is 104 cm³/mol. The third kappa shape index (κ3) is 3.64. The van der Waals surface area contributed by atoms with Gasteiger partial charge in [-0.15, -0.1) is 0 Å². The summed E-state index contributed by atoms with van der Waals surface area (Å²) >= 11 is 0. The Bertz CT molecular complexity index is 841. The molecule has 2 saturated heterocycles. The molecule has 0 radical (unpaired) electrons. The average Bonchev–Trinajstić information content (AvgIpc) is 2.67. The van der Waals surface area contributed by atoms with Gasteiger partial charge in [0.2, 0.25) is 0 Å². The van der Waals surface area contributed by atoms with Crippen molar-refractivity contribution in [2.75, 3.05) is 13.1 Å². The minimum atomic E-state index is 0.121. The van der Waals surface area contributed by atoms with E-state index >= 15 is 0 Å².